The number of hydrogen-bond acceptors (Lipinski definition) is 2. The Balaban J connectivity index is 2.66. The first-order valence-electron chi connectivity index (χ1n) is 7.48. The topological polar surface area (TPSA) is 40.5 Å². The van der Waals surface area contributed by atoms with Crippen LogP contribution in [-0.2, 0) is 4.79 Å². The standard InChI is InChI=1S/C17H27NO2/c1-5-6-10-13(2)17(20)18(4)14(3)16(19)15-11-8-7-9-12-15/h7-9,11-14,16,19H,5-6,10H2,1-4H3/t13-,14-,16+/m0/s1. The summed E-state index contributed by atoms with van der Waals surface area (Å²) in [6.45, 7) is 5.99. The predicted molar refractivity (Wildman–Crippen MR) is 82.3 cm³/mol. The van der Waals surface area contributed by atoms with Crippen molar-refractivity contribution >= 4 is 5.91 Å². The van der Waals surface area contributed by atoms with Crippen molar-refractivity contribution in [3.05, 3.63) is 35.9 Å². The van der Waals surface area contributed by atoms with Gasteiger partial charge in [-0.05, 0) is 18.9 Å². The lowest BCUT2D eigenvalue weighted by Gasteiger charge is -2.31. The molecule has 0 aliphatic heterocycles. The summed E-state index contributed by atoms with van der Waals surface area (Å²) in [7, 11) is 1.78. The maximum absolute atomic E-state index is 12.3. The highest BCUT2D eigenvalue weighted by molar-refractivity contribution is 5.78. The number of unbranched alkanes of at least 4 members (excludes halogenated alkanes) is 1. The number of nitrogens with zero attached hydrogens (tertiary/aromatic N) is 1. The number of rotatable bonds is 7. The molecule has 1 N–H and O–H groups in total. The van der Waals surface area contributed by atoms with Crippen molar-refractivity contribution < 1.29 is 9.90 Å². The van der Waals surface area contributed by atoms with Gasteiger partial charge in [-0.1, -0.05) is 57.0 Å². The molecule has 20 heavy (non-hydrogen) atoms. The van der Waals surface area contributed by atoms with Crippen molar-refractivity contribution in [1.82, 2.24) is 4.90 Å². The molecule has 0 unspecified atom stereocenters. The van der Waals surface area contributed by atoms with E-state index in [1.165, 1.54) is 0 Å². The minimum Gasteiger partial charge on any atom is -0.386 e. The van der Waals surface area contributed by atoms with Crippen molar-refractivity contribution in [1.29, 1.82) is 0 Å². The molecule has 3 nitrogen and oxygen atoms in total. The molecule has 0 spiro atoms. The highest BCUT2D eigenvalue weighted by Crippen LogP contribution is 2.22. The van der Waals surface area contributed by atoms with Gasteiger partial charge in [-0.3, -0.25) is 4.79 Å². The molecule has 0 saturated heterocycles. The fourth-order valence-corrected chi connectivity index (χ4v) is 2.32. The Kier molecular flexibility index (Phi) is 6.73. The monoisotopic (exact) mass is 277 g/mol. The molecular weight excluding hydrogens is 250 g/mol. The van der Waals surface area contributed by atoms with Gasteiger partial charge in [-0.2, -0.15) is 0 Å². The zero-order chi connectivity index (χ0) is 15.1. The Morgan fingerprint density at radius 3 is 2.40 bits per heavy atom. The first kappa shape index (κ1) is 16.7. The Morgan fingerprint density at radius 2 is 1.85 bits per heavy atom. The third-order valence-electron chi connectivity index (χ3n) is 3.97. The van der Waals surface area contributed by atoms with Crippen LogP contribution in [0.1, 0.15) is 51.7 Å². The molecule has 1 amide bonds. The van der Waals surface area contributed by atoms with Gasteiger partial charge in [0.25, 0.3) is 0 Å². The van der Waals surface area contributed by atoms with E-state index < -0.39 is 6.10 Å². The Hall–Kier alpha value is -1.35. The maximum Gasteiger partial charge on any atom is 0.225 e. The predicted octanol–water partition coefficient (Wildman–Crippen LogP) is 3.39. The summed E-state index contributed by atoms with van der Waals surface area (Å²) in [5.74, 6) is 0.131. The lowest BCUT2D eigenvalue weighted by atomic mass is 9.99. The van der Waals surface area contributed by atoms with E-state index in [0.29, 0.717) is 0 Å². The van der Waals surface area contributed by atoms with Crippen molar-refractivity contribution in [2.75, 3.05) is 7.05 Å². The van der Waals surface area contributed by atoms with Gasteiger partial charge in [-0.25, -0.2) is 0 Å². The number of aliphatic hydroxyl groups is 1. The van der Waals surface area contributed by atoms with Gasteiger partial charge >= 0.3 is 0 Å². The lowest BCUT2D eigenvalue weighted by molar-refractivity contribution is -0.138. The van der Waals surface area contributed by atoms with E-state index in [-0.39, 0.29) is 17.9 Å². The third kappa shape index (κ3) is 4.34. The van der Waals surface area contributed by atoms with Crippen LogP contribution in [0.25, 0.3) is 0 Å². The molecule has 0 aliphatic rings. The zero-order valence-corrected chi connectivity index (χ0v) is 13.0. The minimum atomic E-state index is -0.650. The van der Waals surface area contributed by atoms with E-state index in [1.807, 2.05) is 44.2 Å². The summed E-state index contributed by atoms with van der Waals surface area (Å²) in [6.07, 6.45) is 2.43. The van der Waals surface area contributed by atoms with E-state index in [0.717, 1.165) is 24.8 Å². The molecule has 0 bridgehead atoms. The molecule has 0 aliphatic carbocycles. The molecule has 3 heteroatoms. The molecule has 0 heterocycles. The quantitative estimate of drug-likeness (QED) is 0.830. The van der Waals surface area contributed by atoms with Crippen LogP contribution in [0, 0.1) is 5.92 Å². The van der Waals surface area contributed by atoms with E-state index in [4.69, 9.17) is 0 Å². The summed E-state index contributed by atoms with van der Waals surface area (Å²) in [6, 6.07) is 9.27. The second-order valence-electron chi connectivity index (χ2n) is 5.59. The SMILES string of the molecule is CCCC[C@H](C)C(=O)N(C)[C@@H](C)[C@@H](O)c1ccccc1. The van der Waals surface area contributed by atoms with Crippen molar-refractivity contribution in [2.45, 2.75) is 52.2 Å². The normalized spacial score (nSPS) is 15.4. The molecule has 3 atom stereocenters. The van der Waals surface area contributed by atoms with E-state index in [9.17, 15) is 9.90 Å². The Labute approximate surface area is 122 Å². The number of carbonyl (C=O) groups is 1. The molecule has 0 fully saturated rings. The van der Waals surface area contributed by atoms with Crippen molar-refractivity contribution in [2.24, 2.45) is 5.92 Å². The third-order valence-corrected chi connectivity index (χ3v) is 3.97. The molecule has 0 radical (unpaired) electrons. The lowest BCUT2D eigenvalue weighted by Crippen LogP contribution is -2.41. The maximum atomic E-state index is 12.3. The summed E-state index contributed by atoms with van der Waals surface area (Å²) >= 11 is 0. The molecule has 1 aromatic rings. The summed E-state index contributed by atoms with van der Waals surface area (Å²) in [5, 5.41) is 10.4. The highest BCUT2D eigenvalue weighted by Gasteiger charge is 2.26. The van der Waals surface area contributed by atoms with Gasteiger partial charge < -0.3 is 10.0 Å². The van der Waals surface area contributed by atoms with Crippen LogP contribution in [0.5, 0.6) is 0 Å². The summed E-state index contributed by atoms with van der Waals surface area (Å²) in [5.41, 5.74) is 0.848. The van der Waals surface area contributed by atoms with E-state index in [2.05, 4.69) is 6.92 Å². The van der Waals surface area contributed by atoms with Gasteiger partial charge in [0.1, 0.15) is 0 Å². The second-order valence-corrected chi connectivity index (χ2v) is 5.59. The molecular formula is C17H27NO2. The van der Waals surface area contributed by atoms with Crippen LogP contribution in [0.4, 0.5) is 0 Å². The number of hydrogen-bond donors (Lipinski definition) is 1. The minimum absolute atomic E-state index is 0.0189. The van der Waals surface area contributed by atoms with Crippen LogP contribution in [0.3, 0.4) is 0 Å². The van der Waals surface area contributed by atoms with Crippen LogP contribution >= 0.6 is 0 Å². The summed E-state index contributed by atoms with van der Waals surface area (Å²) < 4.78 is 0. The van der Waals surface area contributed by atoms with Crippen LogP contribution in [-0.4, -0.2) is 29.0 Å². The van der Waals surface area contributed by atoms with E-state index in [1.54, 1.807) is 11.9 Å². The summed E-state index contributed by atoms with van der Waals surface area (Å²) in [4.78, 5) is 14.0. The number of benzene rings is 1. The molecule has 1 rings (SSSR count). The van der Waals surface area contributed by atoms with Gasteiger partial charge in [0.05, 0.1) is 12.1 Å². The van der Waals surface area contributed by atoms with Gasteiger partial charge in [0.2, 0.25) is 5.91 Å². The average Bonchev–Trinajstić information content (AvgIpc) is 2.50. The van der Waals surface area contributed by atoms with Gasteiger partial charge in [0, 0.05) is 13.0 Å². The number of aliphatic hydroxyl groups excluding tert-OH is 1. The Morgan fingerprint density at radius 1 is 1.25 bits per heavy atom. The Bertz CT molecular complexity index is 405. The molecule has 0 saturated carbocycles. The first-order valence-corrected chi connectivity index (χ1v) is 7.48. The molecule has 1 aromatic carbocycles. The fourth-order valence-electron chi connectivity index (χ4n) is 2.32. The smallest absolute Gasteiger partial charge is 0.225 e. The number of likely N-dealkylation sites (N-methyl/N-ethyl adjacent to an activating group) is 1. The van der Waals surface area contributed by atoms with Crippen molar-refractivity contribution in [3.63, 3.8) is 0 Å². The average molecular weight is 277 g/mol. The van der Waals surface area contributed by atoms with Gasteiger partial charge in [-0.15, -0.1) is 0 Å². The van der Waals surface area contributed by atoms with Gasteiger partial charge in [0.15, 0.2) is 0 Å². The van der Waals surface area contributed by atoms with Crippen molar-refractivity contribution in [3.8, 4) is 0 Å². The fraction of sp³-hybridized carbons (Fsp3) is 0.588. The number of carbonyl (C=O) groups excluding carboxylic acids is 1. The van der Waals surface area contributed by atoms with Crippen LogP contribution in [0.2, 0.25) is 0 Å². The largest absolute Gasteiger partial charge is 0.386 e. The zero-order valence-electron chi connectivity index (χ0n) is 13.0. The first-order chi connectivity index (χ1) is 9.49. The highest BCUT2D eigenvalue weighted by atomic mass is 16.3. The van der Waals surface area contributed by atoms with Crippen LogP contribution < -0.4 is 0 Å². The number of amides is 1. The molecule has 0 aromatic heterocycles. The van der Waals surface area contributed by atoms with Crippen LogP contribution in [0.15, 0.2) is 30.3 Å². The second kappa shape index (κ2) is 8.05. The molecule has 112 valence electrons. The van der Waals surface area contributed by atoms with E-state index >= 15 is 0 Å².